The molecule has 1 aromatic carbocycles. The van der Waals surface area contributed by atoms with E-state index in [0.29, 0.717) is 6.29 Å². The van der Waals surface area contributed by atoms with Gasteiger partial charge in [0, 0.05) is 0 Å². The summed E-state index contributed by atoms with van der Waals surface area (Å²) in [6.45, 7) is 1.33. The fraction of sp³-hybridized carbons (Fsp3) is 0.182. The quantitative estimate of drug-likeness (QED) is 0.552. The second-order valence-electron chi connectivity index (χ2n) is 2.90. The number of rotatable bonds is 3. The first-order valence-corrected chi connectivity index (χ1v) is 4.23. The predicted octanol–water partition coefficient (Wildman–Crippen LogP) is 1.58. The molecule has 0 aliphatic carbocycles. The molecule has 0 atom stereocenters. The molecule has 4 heteroatoms. The Morgan fingerprint density at radius 1 is 1.53 bits per heavy atom. The smallest absolute Gasteiger partial charge is 0.164 e. The van der Waals surface area contributed by atoms with E-state index in [4.69, 9.17) is 10.00 Å². The van der Waals surface area contributed by atoms with E-state index in [0.717, 1.165) is 0 Å². The minimum atomic E-state index is -0.299. The first-order valence-electron chi connectivity index (χ1n) is 4.23. The van der Waals surface area contributed by atoms with Crippen molar-refractivity contribution in [3.05, 3.63) is 28.8 Å². The Morgan fingerprint density at radius 3 is 2.60 bits per heavy atom. The van der Waals surface area contributed by atoms with E-state index in [9.17, 15) is 9.59 Å². The van der Waals surface area contributed by atoms with Crippen LogP contribution in [-0.4, -0.2) is 19.2 Å². The van der Waals surface area contributed by atoms with Crippen LogP contribution in [-0.2, 0) is 0 Å². The number of Topliss-reactive ketones (excluding diaryl/α,β-unsaturated/α-hetero) is 1. The van der Waals surface area contributed by atoms with Crippen LogP contribution in [0.25, 0.3) is 0 Å². The molecule has 0 radical (unpaired) electrons. The molecule has 0 saturated carbocycles. The summed E-state index contributed by atoms with van der Waals surface area (Å²) in [5.41, 5.74) is 0.635. The first kappa shape index (κ1) is 10.9. The molecule has 0 unspecified atom stereocenters. The zero-order chi connectivity index (χ0) is 11.4. The molecule has 0 aromatic heterocycles. The van der Waals surface area contributed by atoms with Crippen molar-refractivity contribution in [2.24, 2.45) is 0 Å². The van der Waals surface area contributed by atoms with Crippen LogP contribution in [0.5, 0.6) is 5.75 Å². The van der Waals surface area contributed by atoms with Crippen molar-refractivity contribution in [3.63, 3.8) is 0 Å². The molecular weight excluding hydrogens is 194 g/mol. The topological polar surface area (TPSA) is 67.2 Å². The van der Waals surface area contributed by atoms with Crippen molar-refractivity contribution in [2.45, 2.75) is 6.92 Å². The summed E-state index contributed by atoms with van der Waals surface area (Å²) in [6, 6.07) is 4.77. The van der Waals surface area contributed by atoms with Gasteiger partial charge >= 0.3 is 0 Å². The van der Waals surface area contributed by atoms with Gasteiger partial charge in [-0.05, 0) is 19.1 Å². The van der Waals surface area contributed by atoms with Crippen molar-refractivity contribution in [3.8, 4) is 11.8 Å². The van der Waals surface area contributed by atoms with Crippen molar-refractivity contribution in [2.75, 3.05) is 7.11 Å². The first-order chi connectivity index (χ1) is 7.15. The van der Waals surface area contributed by atoms with E-state index >= 15 is 0 Å². The Morgan fingerprint density at radius 2 is 2.20 bits per heavy atom. The van der Waals surface area contributed by atoms with Crippen LogP contribution in [0.15, 0.2) is 12.1 Å². The lowest BCUT2D eigenvalue weighted by Crippen LogP contribution is -2.04. The number of carbonyl (C=O) groups is 2. The summed E-state index contributed by atoms with van der Waals surface area (Å²) in [7, 11) is 1.36. The molecule has 0 bridgehead atoms. The molecule has 4 nitrogen and oxygen atoms in total. The lowest BCUT2D eigenvalue weighted by molar-refractivity contribution is 0.101. The molecular formula is C11H9NO3. The standard InChI is InChI=1S/C11H9NO3/c1-7(14)10-8(5-12)3-4-9(6-13)11(10)15-2/h3-4,6H,1-2H3. The van der Waals surface area contributed by atoms with Crippen LogP contribution in [0.2, 0.25) is 0 Å². The number of nitriles is 1. The third-order valence-corrected chi connectivity index (χ3v) is 1.99. The molecule has 0 fully saturated rings. The number of ketones is 1. The van der Waals surface area contributed by atoms with Gasteiger partial charge in [0.25, 0.3) is 0 Å². The Balaban J connectivity index is 3.60. The normalized spacial score (nSPS) is 9.13. The number of hydrogen-bond donors (Lipinski definition) is 0. The summed E-state index contributed by atoms with van der Waals surface area (Å²) in [4.78, 5) is 22.0. The van der Waals surface area contributed by atoms with Gasteiger partial charge in [0.15, 0.2) is 12.1 Å². The molecule has 1 rings (SSSR count). The van der Waals surface area contributed by atoms with Crippen LogP contribution in [0.3, 0.4) is 0 Å². The Labute approximate surface area is 87.1 Å². The summed E-state index contributed by atoms with van der Waals surface area (Å²) in [5.74, 6) is -0.136. The molecule has 1 aromatic rings. The number of aldehydes is 1. The molecule has 0 heterocycles. The predicted molar refractivity (Wildman–Crippen MR) is 53.1 cm³/mol. The molecule has 0 N–H and O–H groups in total. The van der Waals surface area contributed by atoms with Crippen molar-refractivity contribution in [1.29, 1.82) is 5.26 Å². The SMILES string of the molecule is COc1c(C=O)ccc(C#N)c1C(C)=O. The third kappa shape index (κ3) is 1.86. The highest BCUT2D eigenvalue weighted by atomic mass is 16.5. The summed E-state index contributed by atoms with van der Waals surface area (Å²) in [5, 5.41) is 8.80. The van der Waals surface area contributed by atoms with Crippen molar-refractivity contribution < 1.29 is 14.3 Å². The fourth-order valence-corrected chi connectivity index (χ4v) is 1.35. The minimum absolute atomic E-state index is 0.157. The Hall–Kier alpha value is -2.15. The number of ether oxygens (including phenoxy) is 1. The molecule has 76 valence electrons. The lowest BCUT2D eigenvalue weighted by Gasteiger charge is -2.09. The van der Waals surface area contributed by atoms with E-state index in [1.807, 2.05) is 6.07 Å². The number of benzene rings is 1. The highest BCUT2D eigenvalue weighted by Gasteiger charge is 2.17. The molecule has 15 heavy (non-hydrogen) atoms. The van der Waals surface area contributed by atoms with Gasteiger partial charge in [-0.1, -0.05) is 0 Å². The maximum Gasteiger partial charge on any atom is 0.164 e. The maximum absolute atomic E-state index is 11.3. The monoisotopic (exact) mass is 203 g/mol. The summed E-state index contributed by atoms with van der Waals surface area (Å²) >= 11 is 0. The zero-order valence-corrected chi connectivity index (χ0v) is 8.40. The molecule has 0 aliphatic rings. The van der Waals surface area contributed by atoms with Crippen LogP contribution >= 0.6 is 0 Å². The van der Waals surface area contributed by atoms with E-state index in [1.165, 1.54) is 26.2 Å². The molecule has 0 amide bonds. The zero-order valence-electron chi connectivity index (χ0n) is 8.40. The van der Waals surface area contributed by atoms with Gasteiger partial charge in [-0.2, -0.15) is 5.26 Å². The molecule has 0 saturated heterocycles. The van der Waals surface area contributed by atoms with Crippen molar-refractivity contribution >= 4 is 12.1 Å². The number of nitrogens with zero attached hydrogens (tertiary/aromatic N) is 1. The molecule has 0 spiro atoms. The highest BCUT2D eigenvalue weighted by molar-refractivity contribution is 6.01. The molecule has 0 aliphatic heterocycles. The summed E-state index contributed by atoms with van der Waals surface area (Å²) in [6.07, 6.45) is 0.590. The second kappa shape index (κ2) is 4.38. The van der Waals surface area contributed by atoms with Gasteiger partial charge in [0.05, 0.1) is 23.8 Å². The fourth-order valence-electron chi connectivity index (χ4n) is 1.35. The van der Waals surface area contributed by atoms with E-state index in [-0.39, 0.29) is 28.2 Å². The second-order valence-corrected chi connectivity index (χ2v) is 2.90. The van der Waals surface area contributed by atoms with E-state index in [1.54, 1.807) is 0 Å². The number of carbonyl (C=O) groups excluding carboxylic acids is 2. The van der Waals surface area contributed by atoms with E-state index < -0.39 is 0 Å². The number of hydrogen-bond acceptors (Lipinski definition) is 4. The Kier molecular flexibility index (Phi) is 3.19. The average Bonchev–Trinajstić information content (AvgIpc) is 2.26. The van der Waals surface area contributed by atoms with Crippen molar-refractivity contribution in [1.82, 2.24) is 0 Å². The van der Waals surface area contributed by atoms with E-state index in [2.05, 4.69) is 0 Å². The van der Waals surface area contributed by atoms with Crippen LogP contribution < -0.4 is 4.74 Å². The van der Waals surface area contributed by atoms with Gasteiger partial charge in [-0.25, -0.2) is 0 Å². The van der Waals surface area contributed by atoms with Gasteiger partial charge < -0.3 is 4.74 Å². The largest absolute Gasteiger partial charge is 0.495 e. The van der Waals surface area contributed by atoms with Crippen LogP contribution in [0.1, 0.15) is 33.2 Å². The van der Waals surface area contributed by atoms with Gasteiger partial charge in [0.2, 0.25) is 0 Å². The lowest BCUT2D eigenvalue weighted by atomic mass is 10.0. The van der Waals surface area contributed by atoms with Gasteiger partial charge in [0.1, 0.15) is 11.8 Å². The minimum Gasteiger partial charge on any atom is -0.495 e. The third-order valence-electron chi connectivity index (χ3n) is 1.99. The number of methoxy groups -OCH3 is 1. The van der Waals surface area contributed by atoms with Crippen LogP contribution in [0, 0.1) is 11.3 Å². The van der Waals surface area contributed by atoms with Gasteiger partial charge in [-0.15, -0.1) is 0 Å². The highest BCUT2D eigenvalue weighted by Crippen LogP contribution is 2.26. The average molecular weight is 203 g/mol. The Bertz CT molecular complexity index is 458. The van der Waals surface area contributed by atoms with Crippen LogP contribution in [0.4, 0.5) is 0 Å². The summed E-state index contributed by atoms with van der Waals surface area (Å²) < 4.78 is 4.97. The van der Waals surface area contributed by atoms with Gasteiger partial charge in [-0.3, -0.25) is 9.59 Å². The maximum atomic E-state index is 11.3.